The Hall–Kier alpha value is -2.51. The Morgan fingerprint density at radius 2 is 2.07 bits per heavy atom. The van der Waals surface area contributed by atoms with Gasteiger partial charge in [0.25, 0.3) is 5.56 Å². The predicted octanol–water partition coefficient (Wildman–Crippen LogP) is 1.48. The molecule has 2 aliphatic rings. The first-order valence-electron chi connectivity index (χ1n) is 10.7. The van der Waals surface area contributed by atoms with Crippen LogP contribution in [0.4, 0.5) is 0 Å². The SMILES string of the molecule is Cc1cc(CN(C)Cc2ccc3n(c2=O)C[C@H]2C[C@@H]3CN(C(=O)[C@H](C)N)C2)ccn1. The molecule has 2 N–H and O–H groups in total. The summed E-state index contributed by atoms with van der Waals surface area (Å²) in [5, 5.41) is 0. The van der Waals surface area contributed by atoms with E-state index in [1.807, 2.05) is 41.8 Å². The van der Waals surface area contributed by atoms with E-state index in [4.69, 9.17) is 5.73 Å². The van der Waals surface area contributed by atoms with Gasteiger partial charge in [-0.1, -0.05) is 6.07 Å². The van der Waals surface area contributed by atoms with Crippen LogP contribution >= 0.6 is 0 Å². The van der Waals surface area contributed by atoms with E-state index in [9.17, 15) is 9.59 Å². The van der Waals surface area contributed by atoms with E-state index in [0.29, 0.717) is 32.1 Å². The van der Waals surface area contributed by atoms with Crippen molar-refractivity contribution in [3.8, 4) is 0 Å². The number of likely N-dealkylation sites (tertiary alicyclic amines) is 1. The molecule has 2 aromatic rings. The molecule has 2 aliphatic heterocycles. The maximum absolute atomic E-state index is 13.2. The van der Waals surface area contributed by atoms with Crippen molar-refractivity contribution in [2.75, 3.05) is 20.1 Å². The molecule has 4 heterocycles. The fourth-order valence-electron chi connectivity index (χ4n) is 4.94. The molecular formula is C23H31N5O2. The van der Waals surface area contributed by atoms with Crippen molar-refractivity contribution < 1.29 is 4.79 Å². The van der Waals surface area contributed by atoms with Crippen molar-refractivity contribution in [2.45, 2.75) is 51.9 Å². The summed E-state index contributed by atoms with van der Waals surface area (Å²) in [6.45, 7) is 7.11. The number of aromatic nitrogens is 2. The summed E-state index contributed by atoms with van der Waals surface area (Å²) in [5.74, 6) is 0.522. The van der Waals surface area contributed by atoms with E-state index in [1.165, 1.54) is 5.56 Å². The lowest BCUT2D eigenvalue weighted by Crippen LogP contribution is -2.52. The van der Waals surface area contributed by atoms with Crippen LogP contribution < -0.4 is 11.3 Å². The van der Waals surface area contributed by atoms with Gasteiger partial charge in [0.1, 0.15) is 0 Å². The van der Waals surface area contributed by atoms with E-state index in [1.54, 1.807) is 6.92 Å². The van der Waals surface area contributed by atoms with Crippen LogP contribution in [0.2, 0.25) is 0 Å². The number of nitrogens with two attached hydrogens (primary N) is 1. The number of amides is 1. The van der Waals surface area contributed by atoms with Gasteiger partial charge in [0.15, 0.2) is 0 Å². The van der Waals surface area contributed by atoms with E-state index in [0.717, 1.165) is 29.9 Å². The van der Waals surface area contributed by atoms with Gasteiger partial charge < -0.3 is 15.2 Å². The van der Waals surface area contributed by atoms with Crippen LogP contribution in [0.25, 0.3) is 0 Å². The molecule has 1 fully saturated rings. The lowest BCUT2D eigenvalue weighted by Gasteiger charge is -2.43. The van der Waals surface area contributed by atoms with Crippen LogP contribution in [0.1, 0.15) is 41.8 Å². The lowest BCUT2D eigenvalue weighted by atomic mass is 9.82. The van der Waals surface area contributed by atoms with Gasteiger partial charge >= 0.3 is 0 Å². The fourth-order valence-corrected chi connectivity index (χ4v) is 4.94. The molecule has 160 valence electrons. The molecule has 0 unspecified atom stereocenters. The molecule has 30 heavy (non-hydrogen) atoms. The van der Waals surface area contributed by atoms with Gasteiger partial charge in [0.2, 0.25) is 5.91 Å². The van der Waals surface area contributed by atoms with E-state index >= 15 is 0 Å². The van der Waals surface area contributed by atoms with Crippen LogP contribution in [-0.4, -0.2) is 51.4 Å². The summed E-state index contributed by atoms with van der Waals surface area (Å²) in [5.41, 5.74) is 9.97. The monoisotopic (exact) mass is 409 g/mol. The van der Waals surface area contributed by atoms with Gasteiger partial charge in [-0.25, -0.2) is 0 Å². The van der Waals surface area contributed by atoms with Gasteiger partial charge in [-0.05, 0) is 57.0 Å². The van der Waals surface area contributed by atoms with Crippen molar-refractivity contribution in [1.29, 1.82) is 0 Å². The highest BCUT2D eigenvalue weighted by Gasteiger charge is 2.37. The van der Waals surface area contributed by atoms with E-state index < -0.39 is 6.04 Å². The third-order valence-corrected chi connectivity index (χ3v) is 6.24. The topological polar surface area (TPSA) is 84.5 Å². The summed E-state index contributed by atoms with van der Waals surface area (Å²) >= 11 is 0. The molecule has 3 atom stereocenters. The molecule has 4 rings (SSSR count). The number of nitrogens with zero attached hydrogens (tertiary/aromatic N) is 4. The Labute approximate surface area is 177 Å². The second kappa shape index (κ2) is 8.32. The standard InChI is InChI=1S/C23H31N5O2/c1-15-8-17(6-7-25-15)10-26(3)13-19-4-5-21-20-9-18(12-28(21)23(19)30)11-27(14-20)22(29)16(2)24/h4-8,16,18,20H,9-14,24H2,1-3H3/t16-,18-,20+/m0/s1. The molecular weight excluding hydrogens is 378 g/mol. The van der Waals surface area contributed by atoms with Gasteiger partial charge in [-0.15, -0.1) is 0 Å². The number of carbonyl (C=O) groups excluding carboxylic acids is 1. The molecule has 0 aliphatic carbocycles. The smallest absolute Gasteiger partial charge is 0.255 e. The summed E-state index contributed by atoms with van der Waals surface area (Å²) < 4.78 is 1.95. The van der Waals surface area contributed by atoms with Crippen LogP contribution in [0, 0.1) is 12.8 Å². The van der Waals surface area contributed by atoms with E-state index in [-0.39, 0.29) is 17.4 Å². The van der Waals surface area contributed by atoms with Gasteiger partial charge in [-0.3, -0.25) is 19.5 Å². The largest absolute Gasteiger partial charge is 0.340 e. The highest BCUT2D eigenvalue weighted by atomic mass is 16.2. The Morgan fingerprint density at radius 1 is 1.27 bits per heavy atom. The molecule has 1 amide bonds. The molecule has 7 nitrogen and oxygen atoms in total. The minimum atomic E-state index is -0.479. The van der Waals surface area contributed by atoms with E-state index in [2.05, 4.69) is 22.0 Å². The Morgan fingerprint density at radius 3 is 2.80 bits per heavy atom. The third kappa shape index (κ3) is 4.18. The Kier molecular flexibility index (Phi) is 5.75. The Balaban J connectivity index is 1.51. The van der Waals surface area contributed by atoms with Crippen molar-refractivity contribution >= 4 is 5.91 Å². The zero-order valence-corrected chi connectivity index (χ0v) is 18.0. The first-order valence-corrected chi connectivity index (χ1v) is 10.7. The molecule has 0 spiro atoms. The van der Waals surface area contributed by atoms with Gasteiger partial charge in [0.05, 0.1) is 6.04 Å². The van der Waals surface area contributed by atoms with Crippen LogP contribution in [0.5, 0.6) is 0 Å². The quantitative estimate of drug-likeness (QED) is 0.809. The van der Waals surface area contributed by atoms with Gasteiger partial charge in [-0.2, -0.15) is 0 Å². The summed E-state index contributed by atoms with van der Waals surface area (Å²) in [7, 11) is 2.03. The first kappa shape index (κ1) is 20.8. The van der Waals surface area contributed by atoms with Crippen LogP contribution in [0.15, 0.2) is 35.3 Å². The summed E-state index contributed by atoms with van der Waals surface area (Å²) in [4.78, 5) is 33.9. The average molecular weight is 410 g/mol. The minimum absolute atomic E-state index is 0.00471. The third-order valence-electron chi connectivity index (χ3n) is 6.24. The normalized spacial score (nSPS) is 21.4. The maximum atomic E-state index is 13.2. The zero-order chi connectivity index (χ0) is 21.4. The summed E-state index contributed by atoms with van der Waals surface area (Å²) in [6, 6.07) is 7.66. The number of piperidine rings is 1. The van der Waals surface area contributed by atoms with Crippen molar-refractivity contribution in [2.24, 2.45) is 11.7 Å². The fraction of sp³-hybridized carbons (Fsp3) is 0.522. The molecule has 0 saturated carbocycles. The number of rotatable bonds is 5. The highest BCUT2D eigenvalue weighted by molar-refractivity contribution is 5.81. The second-order valence-electron chi connectivity index (χ2n) is 9.01. The summed E-state index contributed by atoms with van der Waals surface area (Å²) in [6.07, 6.45) is 2.85. The highest BCUT2D eigenvalue weighted by Crippen LogP contribution is 2.35. The number of carbonyl (C=O) groups is 1. The zero-order valence-electron chi connectivity index (χ0n) is 18.0. The molecule has 2 bridgehead atoms. The van der Waals surface area contributed by atoms with Crippen LogP contribution in [0.3, 0.4) is 0 Å². The number of hydrogen-bond donors (Lipinski definition) is 1. The van der Waals surface area contributed by atoms with Gasteiger partial charge in [0, 0.05) is 61.8 Å². The lowest BCUT2D eigenvalue weighted by molar-refractivity contribution is -0.134. The molecule has 0 radical (unpaired) electrons. The minimum Gasteiger partial charge on any atom is -0.340 e. The van der Waals surface area contributed by atoms with Crippen LogP contribution in [-0.2, 0) is 24.4 Å². The predicted molar refractivity (Wildman–Crippen MR) is 116 cm³/mol. The molecule has 2 aromatic heterocycles. The first-order chi connectivity index (χ1) is 14.3. The Bertz CT molecular complexity index is 999. The number of hydrogen-bond acceptors (Lipinski definition) is 5. The molecule has 0 aromatic carbocycles. The molecule has 1 saturated heterocycles. The number of aryl methyl sites for hydroxylation is 1. The number of fused-ring (bicyclic) bond motifs is 4. The van der Waals surface area contributed by atoms with Crippen molar-refractivity contribution in [3.05, 3.63) is 63.3 Å². The second-order valence-corrected chi connectivity index (χ2v) is 9.01. The average Bonchev–Trinajstić information content (AvgIpc) is 2.69. The number of pyridine rings is 2. The van der Waals surface area contributed by atoms with Crippen molar-refractivity contribution in [1.82, 2.24) is 19.4 Å². The molecule has 7 heteroatoms. The van der Waals surface area contributed by atoms with Crippen molar-refractivity contribution in [3.63, 3.8) is 0 Å². The maximum Gasteiger partial charge on any atom is 0.255 e.